The van der Waals surface area contributed by atoms with Crippen LogP contribution in [-0.2, 0) is 0 Å². The monoisotopic (exact) mass is 431 g/mol. The zero-order chi connectivity index (χ0) is 21.7. The maximum Gasteiger partial charge on any atom is 0.260 e. The molecule has 2 aliphatic rings. The molecule has 9 heteroatoms. The Labute approximate surface area is 184 Å². The SMILES string of the molecule is COc1cc2nn(C3CCC4(CC3)CNC4)cc2cc1C(=O)Nc1cnc2cccnn12. The van der Waals surface area contributed by atoms with Crippen molar-refractivity contribution in [3.63, 3.8) is 0 Å². The number of nitrogens with one attached hydrogen (secondary N) is 2. The Kier molecular flexibility index (Phi) is 4.39. The van der Waals surface area contributed by atoms with E-state index in [0.29, 0.717) is 34.2 Å². The number of carbonyl (C=O) groups excluding carboxylic acids is 1. The Morgan fingerprint density at radius 1 is 1.28 bits per heavy atom. The minimum atomic E-state index is -0.277. The van der Waals surface area contributed by atoms with Crippen LogP contribution in [0.25, 0.3) is 16.6 Å². The highest BCUT2D eigenvalue weighted by atomic mass is 16.5. The molecule has 3 aromatic heterocycles. The van der Waals surface area contributed by atoms with Gasteiger partial charge in [0.1, 0.15) is 5.75 Å². The summed E-state index contributed by atoms with van der Waals surface area (Å²) in [6, 6.07) is 7.73. The summed E-state index contributed by atoms with van der Waals surface area (Å²) in [7, 11) is 1.57. The summed E-state index contributed by atoms with van der Waals surface area (Å²) in [4.78, 5) is 17.4. The van der Waals surface area contributed by atoms with E-state index in [4.69, 9.17) is 9.84 Å². The van der Waals surface area contributed by atoms with Crippen LogP contribution in [0.5, 0.6) is 5.75 Å². The topological polar surface area (TPSA) is 98.4 Å². The first-order valence-corrected chi connectivity index (χ1v) is 11.0. The van der Waals surface area contributed by atoms with Crippen LogP contribution >= 0.6 is 0 Å². The van der Waals surface area contributed by atoms with Crippen molar-refractivity contribution in [2.75, 3.05) is 25.5 Å². The van der Waals surface area contributed by atoms with Crippen LogP contribution in [0, 0.1) is 5.41 Å². The van der Waals surface area contributed by atoms with Gasteiger partial charge in [-0.2, -0.15) is 14.7 Å². The molecule has 2 N–H and O–H groups in total. The van der Waals surface area contributed by atoms with Crippen molar-refractivity contribution in [1.29, 1.82) is 0 Å². The molecule has 1 aromatic carbocycles. The van der Waals surface area contributed by atoms with Crippen LogP contribution in [0.1, 0.15) is 42.1 Å². The molecule has 0 bridgehead atoms. The van der Waals surface area contributed by atoms with E-state index in [2.05, 4.69) is 31.6 Å². The normalized spacial score (nSPS) is 18.2. The number of anilines is 1. The highest BCUT2D eigenvalue weighted by Crippen LogP contribution is 2.43. The Bertz CT molecular complexity index is 1310. The van der Waals surface area contributed by atoms with Crippen molar-refractivity contribution < 1.29 is 9.53 Å². The number of nitrogens with zero attached hydrogens (tertiary/aromatic N) is 5. The van der Waals surface area contributed by atoms with E-state index in [0.717, 1.165) is 36.8 Å². The van der Waals surface area contributed by atoms with E-state index in [1.165, 1.54) is 12.8 Å². The van der Waals surface area contributed by atoms with Gasteiger partial charge in [-0.3, -0.25) is 9.48 Å². The average molecular weight is 432 g/mol. The van der Waals surface area contributed by atoms with Crippen LogP contribution in [0.2, 0.25) is 0 Å². The summed E-state index contributed by atoms with van der Waals surface area (Å²) in [5, 5.41) is 16.3. The molecule has 1 amide bonds. The number of methoxy groups -OCH3 is 1. The van der Waals surface area contributed by atoms with Gasteiger partial charge in [0.05, 0.1) is 30.4 Å². The predicted octanol–water partition coefficient (Wildman–Crippen LogP) is 3.04. The molecular formula is C23H25N7O2. The Morgan fingerprint density at radius 3 is 2.88 bits per heavy atom. The van der Waals surface area contributed by atoms with Crippen LogP contribution < -0.4 is 15.4 Å². The lowest BCUT2D eigenvalue weighted by Crippen LogP contribution is -2.54. The minimum Gasteiger partial charge on any atom is -0.496 e. The molecule has 6 rings (SSSR count). The summed E-state index contributed by atoms with van der Waals surface area (Å²) >= 11 is 0. The number of benzene rings is 1. The van der Waals surface area contributed by atoms with Crippen molar-refractivity contribution >= 4 is 28.3 Å². The summed E-state index contributed by atoms with van der Waals surface area (Å²) < 4.78 is 9.20. The number of imidazole rings is 1. The highest BCUT2D eigenvalue weighted by molar-refractivity contribution is 6.08. The summed E-state index contributed by atoms with van der Waals surface area (Å²) in [5.41, 5.74) is 2.47. The van der Waals surface area contributed by atoms with Crippen molar-refractivity contribution in [2.24, 2.45) is 5.41 Å². The lowest BCUT2D eigenvalue weighted by molar-refractivity contribution is 0.0815. The molecule has 4 aromatic rings. The second-order valence-electron chi connectivity index (χ2n) is 8.95. The van der Waals surface area contributed by atoms with Crippen molar-refractivity contribution in [1.82, 2.24) is 29.7 Å². The third-order valence-corrected chi connectivity index (χ3v) is 7.00. The number of ether oxygens (including phenoxy) is 1. The lowest BCUT2D eigenvalue weighted by atomic mass is 9.68. The summed E-state index contributed by atoms with van der Waals surface area (Å²) in [6.45, 7) is 2.30. The zero-order valence-corrected chi connectivity index (χ0v) is 17.9. The van der Waals surface area contributed by atoms with E-state index in [9.17, 15) is 4.79 Å². The Hall–Kier alpha value is -3.46. The molecule has 0 unspecified atom stereocenters. The van der Waals surface area contributed by atoms with E-state index in [1.807, 2.05) is 18.2 Å². The quantitative estimate of drug-likeness (QED) is 0.515. The number of aromatic nitrogens is 5. The van der Waals surface area contributed by atoms with E-state index < -0.39 is 0 Å². The van der Waals surface area contributed by atoms with Crippen molar-refractivity contribution in [3.05, 3.63) is 48.4 Å². The van der Waals surface area contributed by atoms with Gasteiger partial charge in [-0.1, -0.05) is 0 Å². The summed E-state index contributed by atoms with van der Waals surface area (Å²) in [6.07, 6.45) is 10.1. The van der Waals surface area contributed by atoms with Crippen LogP contribution in [0.4, 0.5) is 5.82 Å². The fourth-order valence-electron chi connectivity index (χ4n) is 5.01. The van der Waals surface area contributed by atoms with Gasteiger partial charge in [-0.25, -0.2) is 4.98 Å². The standard InChI is InChI=1S/C23H25N7O2/c1-32-19-10-18-15(12-29(28-18)16-4-6-23(7-5-16)13-24-14-23)9-17(19)22(31)27-21-11-25-20-3-2-8-26-30(20)21/h2-3,8-12,16,24H,4-7,13-14H2,1H3,(H,27,31). The number of hydrogen-bond donors (Lipinski definition) is 2. The first-order valence-electron chi connectivity index (χ1n) is 11.0. The molecule has 1 aliphatic carbocycles. The molecule has 0 radical (unpaired) electrons. The van der Waals surface area contributed by atoms with Gasteiger partial charge in [0, 0.05) is 36.9 Å². The fraction of sp³-hybridized carbons (Fsp3) is 0.391. The largest absolute Gasteiger partial charge is 0.496 e. The van der Waals surface area contributed by atoms with Gasteiger partial charge in [0.2, 0.25) is 0 Å². The molecule has 4 heterocycles. The number of hydrogen-bond acceptors (Lipinski definition) is 6. The number of carbonyl (C=O) groups is 1. The molecule has 1 saturated heterocycles. The van der Waals surface area contributed by atoms with Gasteiger partial charge in [-0.05, 0) is 49.3 Å². The molecule has 1 spiro atoms. The van der Waals surface area contributed by atoms with E-state index in [1.54, 1.807) is 30.1 Å². The average Bonchev–Trinajstić information content (AvgIpc) is 3.41. The third-order valence-electron chi connectivity index (χ3n) is 7.00. The maximum atomic E-state index is 13.1. The first-order chi connectivity index (χ1) is 15.6. The molecular weight excluding hydrogens is 406 g/mol. The van der Waals surface area contributed by atoms with Crippen LogP contribution in [0.3, 0.4) is 0 Å². The molecule has 9 nitrogen and oxygen atoms in total. The van der Waals surface area contributed by atoms with E-state index >= 15 is 0 Å². The second-order valence-corrected chi connectivity index (χ2v) is 8.95. The number of amides is 1. The fourth-order valence-corrected chi connectivity index (χ4v) is 5.01. The van der Waals surface area contributed by atoms with Gasteiger partial charge < -0.3 is 15.4 Å². The van der Waals surface area contributed by atoms with Gasteiger partial charge in [-0.15, -0.1) is 0 Å². The van der Waals surface area contributed by atoms with Crippen molar-refractivity contribution in [2.45, 2.75) is 31.7 Å². The molecule has 164 valence electrons. The number of rotatable bonds is 4. The first kappa shape index (κ1) is 19.2. The lowest BCUT2D eigenvalue weighted by Gasteiger charge is -2.47. The molecule has 0 atom stereocenters. The predicted molar refractivity (Wildman–Crippen MR) is 120 cm³/mol. The molecule has 1 saturated carbocycles. The van der Waals surface area contributed by atoms with Crippen molar-refractivity contribution in [3.8, 4) is 5.75 Å². The highest BCUT2D eigenvalue weighted by Gasteiger charge is 2.40. The van der Waals surface area contributed by atoms with Gasteiger partial charge in [0.15, 0.2) is 11.5 Å². The molecule has 1 aliphatic heterocycles. The number of fused-ring (bicyclic) bond motifs is 2. The maximum absolute atomic E-state index is 13.1. The zero-order valence-electron chi connectivity index (χ0n) is 17.9. The molecule has 32 heavy (non-hydrogen) atoms. The smallest absolute Gasteiger partial charge is 0.260 e. The van der Waals surface area contributed by atoms with E-state index in [-0.39, 0.29) is 5.91 Å². The Morgan fingerprint density at radius 2 is 2.12 bits per heavy atom. The van der Waals surface area contributed by atoms with Crippen LogP contribution in [0.15, 0.2) is 42.9 Å². The van der Waals surface area contributed by atoms with Gasteiger partial charge in [0.25, 0.3) is 5.91 Å². The second kappa shape index (κ2) is 7.30. The minimum absolute atomic E-state index is 0.277. The Balaban J connectivity index is 1.28. The van der Waals surface area contributed by atoms with Gasteiger partial charge >= 0.3 is 0 Å². The summed E-state index contributed by atoms with van der Waals surface area (Å²) in [5.74, 6) is 0.719. The third kappa shape index (κ3) is 3.12. The van der Waals surface area contributed by atoms with Crippen LogP contribution in [-0.4, -0.2) is 50.5 Å². The molecule has 2 fully saturated rings.